The summed E-state index contributed by atoms with van der Waals surface area (Å²) in [5.41, 5.74) is 0. The smallest absolute Gasteiger partial charge is 0.0586 e. The number of rotatable bonds is 7. The first-order valence-corrected chi connectivity index (χ1v) is 4.78. The number of aliphatic hydroxyl groups is 3. The van der Waals surface area contributed by atoms with Crippen LogP contribution in [-0.4, -0.2) is 34.1 Å². The maximum Gasteiger partial charge on any atom is 0.0586 e. The second-order valence-corrected chi connectivity index (χ2v) is 3.20. The molecule has 0 fully saturated rings. The highest BCUT2D eigenvalue weighted by Gasteiger charge is 2.10. The fourth-order valence-electron chi connectivity index (χ4n) is 1.15. The van der Waals surface area contributed by atoms with Gasteiger partial charge in [-0.3, -0.25) is 0 Å². The van der Waals surface area contributed by atoms with Gasteiger partial charge in [0.05, 0.1) is 12.2 Å². The second kappa shape index (κ2) is 8.23. The number of allylic oxidation sites excluding steroid dienone is 2. The summed E-state index contributed by atoms with van der Waals surface area (Å²) in [7, 11) is 0. The summed E-state index contributed by atoms with van der Waals surface area (Å²) in [6.07, 6.45) is 5.11. The molecule has 0 amide bonds. The summed E-state index contributed by atoms with van der Waals surface area (Å²) in [5, 5.41) is 27.1. The molecule has 3 heteroatoms. The highest BCUT2D eigenvalue weighted by molar-refractivity contribution is 4.78. The Bertz CT molecular complexity index is 134. The van der Waals surface area contributed by atoms with E-state index in [1.54, 1.807) is 0 Å². The first kappa shape index (κ1) is 12.6. The second-order valence-electron chi connectivity index (χ2n) is 3.20. The molecule has 78 valence electrons. The van der Waals surface area contributed by atoms with Gasteiger partial charge in [-0.15, -0.1) is 0 Å². The summed E-state index contributed by atoms with van der Waals surface area (Å²) in [6, 6.07) is 0. The minimum absolute atomic E-state index is 0.0251. The third-order valence-corrected chi connectivity index (χ3v) is 1.91. The van der Waals surface area contributed by atoms with E-state index in [0.717, 1.165) is 6.42 Å². The van der Waals surface area contributed by atoms with Gasteiger partial charge in [0.2, 0.25) is 0 Å². The Morgan fingerprint density at radius 2 is 1.77 bits per heavy atom. The summed E-state index contributed by atoms with van der Waals surface area (Å²) in [6.45, 7) is 1.91. The van der Waals surface area contributed by atoms with Crippen molar-refractivity contribution in [2.24, 2.45) is 0 Å². The zero-order valence-corrected chi connectivity index (χ0v) is 8.19. The molecule has 0 aliphatic heterocycles. The van der Waals surface area contributed by atoms with Gasteiger partial charge in [0.1, 0.15) is 0 Å². The SMILES string of the molecule is CC=CCCC(O)CC(O)CCO. The molecule has 13 heavy (non-hydrogen) atoms. The summed E-state index contributed by atoms with van der Waals surface area (Å²) >= 11 is 0. The molecular weight excluding hydrogens is 168 g/mol. The molecule has 0 spiro atoms. The van der Waals surface area contributed by atoms with E-state index in [1.807, 2.05) is 19.1 Å². The predicted molar refractivity (Wildman–Crippen MR) is 52.4 cm³/mol. The van der Waals surface area contributed by atoms with Gasteiger partial charge in [0.15, 0.2) is 0 Å². The van der Waals surface area contributed by atoms with Gasteiger partial charge in [-0.1, -0.05) is 12.2 Å². The van der Waals surface area contributed by atoms with Gasteiger partial charge in [0, 0.05) is 6.61 Å². The lowest BCUT2D eigenvalue weighted by Crippen LogP contribution is -2.18. The Kier molecular flexibility index (Phi) is 7.99. The maximum absolute atomic E-state index is 9.40. The van der Waals surface area contributed by atoms with Crippen LogP contribution in [0.15, 0.2) is 12.2 Å². The van der Waals surface area contributed by atoms with Crippen LogP contribution in [0.5, 0.6) is 0 Å². The van der Waals surface area contributed by atoms with Crippen molar-refractivity contribution in [1.29, 1.82) is 0 Å². The van der Waals surface area contributed by atoms with Crippen molar-refractivity contribution in [2.45, 2.75) is 44.8 Å². The zero-order valence-electron chi connectivity index (χ0n) is 8.19. The first-order valence-electron chi connectivity index (χ1n) is 4.78. The highest BCUT2D eigenvalue weighted by Crippen LogP contribution is 2.07. The normalized spacial score (nSPS) is 16.3. The molecule has 0 rings (SSSR count). The van der Waals surface area contributed by atoms with Crippen LogP contribution in [0, 0.1) is 0 Å². The van der Waals surface area contributed by atoms with Gasteiger partial charge in [-0.05, 0) is 32.6 Å². The van der Waals surface area contributed by atoms with E-state index in [9.17, 15) is 10.2 Å². The van der Waals surface area contributed by atoms with Crippen LogP contribution in [0.1, 0.15) is 32.6 Å². The lowest BCUT2D eigenvalue weighted by Gasteiger charge is -2.13. The molecule has 0 saturated heterocycles. The van der Waals surface area contributed by atoms with Crippen molar-refractivity contribution in [1.82, 2.24) is 0 Å². The largest absolute Gasteiger partial charge is 0.396 e. The van der Waals surface area contributed by atoms with Gasteiger partial charge in [-0.25, -0.2) is 0 Å². The van der Waals surface area contributed by atoms with Crippen LogP contribution in [0.2, 0.25) is 0 Å². The molecule has 0 radical (unpaired) electrons. The van der Waals surface area contributed by atoms with Crippen molar-refractivity contribution < 1.29 is 15.3 Å². The molecule has 0 aromatic rings. The molecule has 2 atom stereocenters. The van der Waals surface area contributed by atoms with Crippen LogP contribution in [0.4, 0.5) is 0 Å². The molecule has 0 saturated carbocycles. The molecular formula is C10H20O3. The van der Waals surface area contributed by atoms with E-state index in [4.69, 9.17) is 5.11 Å². The van der Waals surface area contributed by atoms with Gasteiger partial charge in [0.25, 0.3) is 0 Å². The third kappa shape index (κ3) is 7.96. The van der Waals surface area contributed by atoms with E-state index in [1.165, 1.54) is 0 Å². The predicted octanol–water partition coefficient (Wildman–Crippen LogP) is 0.837. The van der Waals surface area contributed by atoms with Crippen LogP contribution in [-0.2, 0) is 0 Å². The standard InChI is InChI=1S/C10H20O3/c1-2-3-4-5-9(12)8-10(13)6-7-11/h2-3,9-13H,4-8H2,1H3. The maximum atomic E-state index is 9.40. The monoisotopic (exact) mass is 188 g/mol. The average molecular weight is 188 g/mol. The Morgan fingerprint density at radius 1 is 1.15 bits per heavy atom. The van der Waals surface area contributed by atoms with Crippen molar-refractivity contribution in [2.75, 3.05) is 6.61 Å². The van der Waals surface area contributed by atoms with Crippen LogP contribution in [0.3, 0.4) is 0 Å². The number of hydrogen-bond acceptors (Lipinski definition) is 3. The summed E-state index contributed by atoms with van der Waals surface area (Å²) in [5.74, 6) is 0. The first-order chi connectivity index (χ1) is 6.20. The van der Waals surface area contributed by atoms with Gasteiger partial charge < -0.3 is 15.3 Å². The van der Waals surface area contributed by atoms with Gasteiger partial charge in [-0.2, -0.15) is 0 Å². The van der Waals surface area contributed by atoms with E-state index >= 15 is 0 Å². The molecule has 0 aliphatic carbocycles. The molecule has 0 aliphatic rings. The van der Waals surface area contributed by atoms with Crippen molar-refractivity contribution in [3.8, 4) is 0 Å². The lowest BCUT2D eigenvalue weighted by atomic mass is 10.1. The topological polar surface area (TPSA) is 60.7 Å². The summed E-state index contributed by atoms with van der Waals surface area (Å²) < 4.78 is 0. The van der Waals surface area contributed by atoms with E-state index in [-0.39, 0.29) is 6.61 Å². The molecule has 3 N–H and O–H groups in total. The van der Waals surface area contributed by atoms with Crippen molar-refractivity contribution in [3.05, 3.63) is 12.2 Å². The summed E-state index contributed by atoms with van der Waals surface area (Å²) in [4.78, 5) is 0. The van der Waals surface area contributed by atoms with Crippen LogP contribution >= 0.6 is 0 Å². The third-order valence-electron chi connectivity index (χ3n) is 1.91. The quantitative estimate of drug-likeness (QED) is 0.519. The zero-order chi connectivity index (χ0) is 10.1. The van der Waals surface area contributed by atoms with Crippen LogP contribution < -0.4 is 0 Å². The number of hydrogen-bond donors (Lipinski definition) is 3. The molecule has 0 aromatic heterocycles. The van der Waals surface area contributed by atoms with E-state index in [0.29, 0.717) is 19.3 Å². The van der Waals surface area contributed by atoms with Gasteiger partial charge >= 0.3 is 0 Å². The fraction of sp³-hybridized carbons (Fsp3) is 0.800. The molecule has 3 nitrogen and oxygen atoms in total. The minimum atomic E-state index is -0.578. The molecule has 0 bridgehead atoms. The fourth-order valence-corrected chi connectivity index (χ4v) is 1.15. The average Bonchev–Trinajstić information content (AvgIpc) is 2.05. The Morgan fingerprint density at radius 3 is 2.31 bits per heavy atom. The molecule has 2 unspecified atom stereocenters. The molecule has 0 heterocycles. The lowest BCUT2D eigenvalue weighted by molar-refractivity contribution is 0.0608. The Hall–Kier alpha value is -0.380. The van der Waals surface area contributed by atoms with E-state index in [2.05, 4.69) is 0 Å². The van der Waals surface area contributed by atoms with E-state index < -0.39 is 12.2 Å². The Labute approximate surface area is 79.7 Å². The molecule has 0 aromatic carbocycles. The minimum Gasteiger partial charge on any atom is -0.396 e. The van der Waals surface area contributed by atoms with Crippen molar-refractivity contribution >= 4 is 0 Å². The highest BCUT2D eigenvalue weighted by atomic mass is 16.3. The number of aliphatic hydroxyl groups excluding tert-OH is 3. The van der Waals surface area contributed by atoms with Crippen LogP contribution in [0.25, 0.3) is 0 Å². The van der Waals surface area contributed by atoms with Crippen molar-refractivity contribution in [3.63, 3.8) is 0 Å². The Balaban J connectivity index is 3.43.